The first-order valence-corrected chi connectivity index (χ1v) is 5.03. The SMILES string of the molecule is C[C@H](O)CNCc1cccc2c1OCO2. The number of rotatable bonds is 4. The summed E-state index contributed by atoms with van der Waals surface area (Å²) in [5.74, 6) is 1.61. The van der Waals surface area contributed by atoms with Gasteiger partial charge in [-0.25, -0.2) is 0 Å². The molecule has 2 N–H and O–H groups in total. The van der Waals surface area contributed by atoms with Crippen LogP contribution in [0.5, 0.6) is 11.5 Å². The van der Waals surface area contributed by atoms with Gasteiger partial charge in [0.15, 0.2) is 11.5 Å². The molecule has 0 aromatic heterocycles. The Kier molecular flexibility index (Phi) is 3.08. The molecule has 1 heterocycles. The average Bonchev–Trinajstić information content (AvgIpc) is 2.65. The molecule has 1 aromatic rings. The molecule has 0 aliphatic carbocycles. The van der Waals surface area contributed by atoms with Gasteiger partial charge < -0.3 is 19.9 Å². The van der Waals surface area contributed by atoms with Crippen LogP contribution in [0.1, 0.15) is 12.5 Å². The third-order valence-electron chi connectivity index (χ3n) is 2.23. The Labute approximate surface area is 88.8 Å². The standard InChI is InChI=1S/C11H15NO3/c1-8(13)5-12-6-9-3-2-4-10-11(9)15-7-14-10/h2-4,8,12-13H,5-7H2,1H3/t8-/m0/s1. The molecule has 0 fully saturated rings. The van der Waals surface area contributed by atoms with Crippen molar-refractivity contribution in [1.82, 2.24) is 5.32 Å². The fraction of sp³-hybridized carbons (Fsp3) is 0.455. The lowest BCUT2D eigenvalue weighted by Gasteiger charge is -2.08. The van der Waals surface area contributed by atoms with Crippen LogP contribution in [0.25, 0.3) is 0 Å². The fourth-order valence-corrected chi connectivity index (χ4v) is 1.55. The molecule has 0 bridgehead atoms. The topological polar surface area (TPSA) is 50.7 Å². The summed E-state index contributed by atoms with van der Waals surface area (Å²) in [5, 5.41) is 12.3. The van der Waals surface area contributed by atoms with Crippen molar-refractivity contribution >= 4 is 0 Å². The number of para-hydroxylation sites is 1. The van der Waals surface area contributed by atoms with Crippen LogP contribution >= 0.6 is 0 Å². The van der Waals surface area contributed by atoms with Crippen LogP contribution in [0.15, 0.2) is 18.2 Å². The van der Waals surface area contributed by atoms with Crippen LogP contribution in [0.2, 0.25) is 0 Å². The first-order valence-electron chi connectivity index (χ1n) is 5.03. The van der Waals surface area contributed by atoms with E-state index in [1.165, 1.54) is 0 Å². The minimum absolute atomic E-state index is 0.294. The maximum absolute atomic E-state index is 9.11. The summed E-state index contributed by atoms with van der Waals surface area (Å²) < 4.78 is 10.6. The number of aliphatic hydroxyl groups excluding tert-OH is 1. The van der Waals surface area contributed by atoms with Gasteiger partial charge in [0.1, 0.15) is 0 Å². The van der Waals surface area contributed by atoms with E-state index in [0.717, 1.165) is 17.1 Å². The molecular formula is C11H15NO3. The molecule has 0 spiro atoms. The van der Waals surface area contributed by atoms with E-state index in [1.807, 2.05) is 18.2 Å². The van der Waals surface area contributed by atoms with Crippen molar-refractivity contribution in [2.45, 2.75) is 19.6 Å². The van der Waals surface area contributed by atoms with Gasteiger partial charge in [-0.1, -0.05) is 12.1 Å². The Morgan fingerprint density at radius 3 is 3.13 bits per heavy atom. The van der Waals surface area contributed by atoms with E-state index in [9.17, 15) is 0 Å². The van der Waals surface area contributed by atoms with Crippen molar-refractivity contribution in [3.8, 4) is 11.5 Å². The van der Waals surface area contributed by atoms with E-state index in [-0.39, 0.29) is 6.10 Å². The summed E-state index contributed by atoms with van der Waals surface area (Å²) in [4.78, 5) is 0. The number of hydrogen-bond donors (Lipinski definition) is 2. The third-order valence-corrected chi connectivity index (χ3v) is 2.23. The largest absolute Gasteiger partial charge is 0.454 e. The van der Waals surface area contributed by atoms with Gasteiger partial charge in [0.25, 0.3) is 0 Å². The fourth-order valence-electron chi connectivity index (χ4n) is 1.55. The number of fused-ring (bicyclic) bond motifs is 1. The zero-order chi connectivity index (χ0) is 10.7. The molecule has 4 nitrogen and oxygen atoms in total. The number of ether oxygens (including phenoxy) is 2. The predicted octanol–water partition coefficient (Wildman–Crippen LogP) is 0.886. The predicted molar refractivity (Wildman–Crippen MR) is 56.0 cm³/mol. The molecule has 15 heavy (non-hydrogen) atoms. The normalized spacial score (nSPS) is 15.3. The minimum atomic E-state index is -0.334. The maximum atomic E-state index is 9.11. The zero-order valence-corrected chi connectivity index (χ0v) is 8.69. The van der Waals surface area contributed by atoms with Crippen molar-refractivity contribution in [2.75, 3.05) is 13.3 Å². The van der Waals surface area contributed by atoms with E-state index in [2.05, 4.69) is 5.32 Å². The van der Waals surface area contributed by atoms with E-state index in [4.69, 9.17) is 14.6 Å². The van der Waals surface area contributed by atoms with E-state index < -0.39 is 0 Å². The Hall–Kier alpha value is -1.26. The second-order valence-corrected chi connectivity index (χ2v) is 3.63. The third kappa shape index (κ3) is 2.40. The molecule has 2 rings (SSSR count). The summed E-state index contributed by atoms with van der Waals surface area (Å²) in [6.07, 6.45) is -0.334. The van der Waals surface area contributed by atoms with E-state index in [0.29, 0.717) is 19.9 Å². The molecule has 0 amide bonds. The number of hydrogen-bond acceptors (Lipinski definition) is 4. The molecule has 1 aromatic carbocycles. The molecule has 0 radical (unpaired) electrons. The Balaban J connectivity index is 2.00. The van der Waals surface area contributed by atoms with Crippen molar-refractivity contribution in [2.24, 2.45) is 0 Å². The van der Waals surface area contributed by atoms with Gasteiger partial charge in [0, 0.05) is 18.7 Å². The Morgan fingerprint density at radius 2 is 2.33 bits per heavy atom. The summed E-state index contributed by atoms with van der Waals surface area (Å²) in [6, 6.07) is 5.82. The molecule has 0 saturated carbocycles. The second-order valence-electron chi connectivity index (χ2n) is 3.63. The second kappa shape index (κ2) is 4.51. The van der Waals surface area contributed by atoms with Crippen LogP contribution < -0.4 is 14.8 Å². The molecule has 4 heteroatoms. The summed E-state index contributed by atoms with van der Waals surface area (Å²) in [6.45, 7) is 3.30. The zero-order valence-electron chi connectivity index (χ0n) is 8.69. The maximum Gasteiger partial charge on any atom is 0.231 e. The van der Waals surface area contributed by atoms with Gasteiger partial charge >= 0.3 is 0 Å². The van der Waals surface area contributed by atoms with Gasteiger partial charge in [-0.15, -0.1) is 0 Å². The monoisotopic (exact) mass is 209 g/mol. The van der Waals surface area contributed by atoms with E-state index >= 15 is 0 Å². The lowest BCUT2D eigenvalue weighted by Crippen LogP contribution is -2.23. The van der Waals surface area contributed by atoms with Gasteiger partial charge in [-0.3, -0.25) is 0 Å². The number of nitrogens with one attached hydrogen (secondary N) is 1. The molecular weight excluding hydrogens is 194 g/mol. The Morgan fingerprint density at radius 1 is 1.47 bits per heavy atom. The lowest BCUT2D eigenvalue weighted by molar-refractivity contribution is 0.172. The highest BCUT2D eigenvalue weighted by Gasteiger charge is 2.16. The van der Waals surface area contributed by atoms with Crippen molar-refractivity contribution in [1.29, 1.82) is 0 Å². The van der Waals surface area contributed by atoms with Crippen LogP contribution in [-0.4, -0.2) is 24.5 Å². The summed E-state index contributed by atoms with van der Waals surface area (Å²) in [5.41, 5.74) is 1.06. The molecule has 1 atom stereocenters. The highest BCUT2D eigenvalue weighted by Crippen LogP contribution is 2.35. The highest BCUT2D eigenvalue weighted by molar-refractivity contribution is 5.48. The minimum Gasteiger partial charge on any atom is -0.454 e. The Bertz CT molecular complexity index is 339. The van der Waals surface area contributed by atoms with Gasteiger partial charge in [0.05, 0.1) is 6.10 Å². The van der Waals surface area contributed by atoms with Gasteiger partial charge in [-0.2, -0.15) is 0 Å². The number of aliphatic hydroxyl groups is 1. The molecule has 1 aliphatic heterocycles. The smallest absolute Gasteiger partial charge is 0.231 e. The van der Waals surface area contributed by atoms with Crippen LogP contribution in [0.4, 0.5) is 0 Å². The summed E-state index contributed by atoms with van der Waals surface area (Å²) in [7, 11) is 0. The highest BCUT2D eigenvalue weighted by atomic mass is 16.7. The molecule has 82 valence electrons. The van der Waals surface area contributed by atoms with Gasteiger partial charge in [0.2, 0.25) is 6.79 Å². The lowest BCUT2D eigenvalue weighted by atomic mass is 10.2. The van der Waals surface area contributed by atoms with Gasteiger partial charge in [-0.05, 0) is 13.0 Å². The van der Waals surface area contributed by atoms with Crippen molar-refractivity contribution < 1.29 is 14.6 Å². The quantitative estimate of drug-likeness (QED) is 0.773. The van der Waals surface area contributed by atoms with E-state index in [1.54, 1.807) is 6.92 Å². The van der Waals surface area contributed by atoms with Crippen LogP contribution in [-0.2, 0) is 6.54 Å². The molecule has 0 saturated heterocycles. The average molecular weight is 209 g/mol. The first-order chi connectivity index (χ1) is 7.27. The first kappa shape index (κ1) is 10.3. The summed E-state index contributed by atoms with van der Waals surface area (Å²) >= 11 is 0. The van der Waals surface area contributed by atoms with Crippen LogP contribution in [0, 0.1) is 0 Å². The molecule has 1 aliphatic rings. The van der Waals surface area contributed by atoms with Crippen molar-refractivity contribution in [3.05, 3.63) is 23.8 Å². The van der Waals surface area contributed by atoms with Crippen LogP contribution in [0.3, 0.4) is 0 Å². The number of benzene rings is 1. The molecule has 0 unspecified atom stereocenters. The van der Waals surface area contributed by atoms with Crippen molar-refractivity contribution in [3.63, 3.8) is 0 Å².